The average molecular weight is 579 g/mol. The lowest BCUT2D eigenvalue weighted by atomic mass is 9.94. The highest BCUT2D eigenvalue weighted by Crippen LogP contribution is 2.42. The number of thiazole rings is 1. The molecule has 2 aliphatic heterocycles. The van der Waals surface area contributed by atoms with Crippen molar-refractivity contribution in [1.29, 1.82) is 0 Å². The number of sulfonamides is 1. The van der Waals surface area contributed by atoms with Gasteiger partial charge < -0.3 is 9.64 Å². The normalized spacial score (nSPS) is 20.5. The highest BCUT2D eigenvalue weighted by atomic mass is 79.9. The fourth-order valence-electron chi connectivity index (χ4n) is 3.88. The number of esters is 1. The van der Waals surface area contributed by atoms with E-state index in [0.717, 1.165) is 0 Å². The molecule has 1 unspecified atom stereocenters. The summed E-state index contributed by atoms with van der Waals surface area (Å²) in [6, 6.07) is 2.08. The minimum Gasteiger partial charge on any atom is -0.463 e. The van der Waals surface area contributed by atoms with Crippen LogP contribution in [0, 0.1) is 5.82 Å². The van der Waals surface area contributed by atoms with Gasteiger partial charge in [-0.05, 0) is 24.6 Å². The largest absolute Gasteiger partial charge is 0.463 e. The third-order valence-corrected chi connectivity index (χ3v) is 7.79. The van der Waals surface area contributed by atoms with Crippen LogP contribution < -0.4 is 4.72 Å². The second kappa shape index (κ2) is 9.76. The van der Waals surface area contributed by atoms with E-state index in [4.69, 9.17) is 9.73 Å². The van der Waals surface area contributed by atoms with Crippen molar-refractivity contribution in [2.75, 3.05) is 13.2 Å². The number of alkyl halides is 2. The van der Waals surface area contributed by atoms with Crippen LogP contribution in [0.15, 0.2) is 50.5 Å². The lowest BCUT2D eigenvalue weighted by molar-refractivity contribution is -0.139. The van der Waals surface area contributed by atoms with Gasteiger partial charge in [-0.1, -0.05) is 22.0 Å². The zero-order valence-electron chi connectivity index (χ0n) is 17.5. The standard InChI is InChI=1S/C20H18BrF3N4O4S2/c1-2-32-19(29)15-14-8-11(27-34(30,31)20(23)24)9-28(14)17(18-25-5-6-33-18)26-16(15)12-4-3-10(22)7-13(12)21/h3-7,11,16,20,27H,2,8-9H2,1H3/t11-,16?/m0/s1. The van der Waals surface area contributed by atoms with Gasteiger partial charge in [0.2, 0.25) is 0 Å². The molecule has 0 bridgehead atoms. The van der Waals surface area contributed by atoms with Crippen LogP contribution in [0.5, 0.6) is 0 Å². The highest BCUT2D eigenvalue weighted by molar-refractivity contribution is 9.10. The van der Waals surface area contributed by atoms with Gasteiger partial charge in [0.05, 0.1) is 12.2 Å². The third kappa shape index (κ3) is 4.76. The predicted molar refractivity (Wildman–Crippen MR) is 122 cm³/mol. The summed E-state index contributed by atoms with van der Waals surface area (Å²) in [6.07, 6.45) is 1.50. The topological polar surface area (TPSA) is 101 Å². The van der Waals surface area contributed by atoms with Crippen LogP contribution in [0.1, 0.15) is 30.0 Å². The van der Waals surface area contributed by atoms with Crippen molar-refractivity contribution in [3.63, 3.8) is 0 Å². The first-order chi connectivity index (χ1) is 16.1. The number of hydrogen-bond donors (Lipinski definition) is 1. The maximum atomic E-state index is 13.8. The molecule has 0 spiro atoms. The molecule has 0 saturated carbocycles. The maximum Gasteiger partial charge on any atom is 0.350 e. The van der Waals surface area contributed by atoms with Gasteiger partial charge >= 0.3 is 11.7 Å². The fraction of sp³-hybridized carbons (Fsp3) is 0.350. The van der Waals surface area contributed by atoms with Gasteiger partial charge in [0.15, 0.2) is 10.8 Å². The summed E-state index contributed by atoms with van der Waals surface area (Å²) in [5.74, 6) is -4.44. The minimum atomic E-state index is -4.87. The molecule has 1 N–H and O–H groups in total. The first-order valence-electron chi connectivity index (χ1n) is 10.0. The van der Waals surface area contributed by atoms with Gasteiger partial charge in [0.1, 0.15) is 11.9 Å². The number of nitrogens with one attached hydrogen (secondary N) is 1. The molecule has 0 radical (unpaired) electrons. The lowest BCUT2D eigenvalue weighted by Gasteiger charge is -2.31. The predicted octanol–water partition coefficient (Wildman–Crippen LogP) is 3.58. The number of nitrogens with zero attached hydrogens (tertiary/aromatic N) is 3. The number of carbonyl (C=O) groups is 1. The average Bonchev–Trinajstić information content (AvgIpc) is 3.42. The Morgan fingerprint density at radius 2 is 2.18 bits per heavy atom. The van der Waals surface area contributed by atoms with Crippen molar-refractivity contribution < 1.29 is 31.1 Å². The van der Waals surface area contributed by atoms with E-state index in [9.17, 15) is 26.4 Å². The van der Waals surface area contributed by atoms with E-state index in [0.29, 0.717) is 26.6 Å². The van der Waals surface area contributed by atoms with Crippen LogP contribution in [-0.2, 0) is 19.6 Å². The Bertz CT molecular complexity index is 1270. The van der Waals surface area contributed by atoms with Gasteiger partial charge in [-0.3, -0.25) is 4.99 Å². The zero-order valence-corrected chi connectivity index (χ0v) is 20.8. The molecule has 2 aliphatic rings. The Morgan fingerprint density at radius 3 is 2.79 bits per heavy atom. The smallest absolute Gasteiger partial charge is 0.350 e. The zero-order chi connectivity index (χ0) is 24.6. The first-order valence-corrected chi connectivity index (χ1v) is 13.2. The summed E-state index contributed by atoms with van der Waals surface area (Å²) >= 11 is 4.59. The van der Waals surface area contributed by atoms with Crippen LogP contribution in [-0.4, -0.2) is 55.1 Å². The molecule has 1 aromatic heterocycles. The Hall–Kier alpha value is -2.29. The number of fused-ring (bicyclic) bond motifs is 1. The summed E-state index contributed by atoms with van der Waals surface area (Å²) < 4.78 is 71.0. The number of aliphatic imine (C=N–C) groups is 1. The summed E-state index contributed by atoms with van der Waals surface area (Å²) in [4.78, 5) is 23.7. The van der Waals surface area contributed by atoms with Crippen molar-refractivity contribution in [2.24, 2.45) is 4.99 Å². The van der Waals surface area contributed by atoms with Gasteiger partial charge in [0, 0.05) is 40.8 Å². The summed E-state index contributed by atoms with van der Waals surface area (Å²) in [5, 5.41) is 2.21. The summed E-state index contributed by atoms with van der Waals surface area (Å²) in [7, 11) is -4.87. The molecule has 0 amide bonds. The quantitative estimate of drug-likeness (QED) is 0.504. The van der Waals surface area contributed by atoms with Crippen LogP contribution in [0.4, 0.5) is 13.2 Å². The molecule has 1 saturated heterocycles. The molecule has 1 fully saturated rings. The molecule has 4 rings (SSSR count). The van der Waals surface area contributed by atoms with E-state index in [1.165, 1.54) is 29.5 Å². The highest BCUT2D eigenvalue weighted by Gasteiger charge is 2.44. The minimum absolute atomic E-state index is 0.0418. The maximum absolute atomic E-state index is 13.8. The van der Waals surface area contributed by atoms with Crippen molar-refractivity contribution >= 4 is 49.1 Å². The molecule has 8 nitrogen and oxygen atoms in total. The van der Waals surface area contributed by atoms with Crippen LogP contribution in [0.2, 0.25) is 0 Å². The van der Waals surface area contributed by atoms with E-state index in [1.54, 1.807) is 23.4 Å². The monoisotopic (exact) mass is 578 g/mol. The Labute approximate surface area is 205 Å². The first kappa shape index (κ1) is 24.8. The lowest BCUT2D eigenvalue weighted by Crippen LogP contribution is -2.41. The van der Waals surface area contributed by atoms with Crippen molar-refractivity contribution in [1.82, 2.24) is 14.6 Å². The molecular formula is C20H18BrF3N4O4S2. The third-order valence-electron chi connectivity index (χ3n) is 5.20. The van der Waals surface area contributed by atoms with Crippen LogP contribution >= 0.6 is 27.3 Å². The van der Waals surface area contributed by atoms with E-state index < -0.39 is 39.7 Å². The molecular weight excluding hydrogens is 561 g/mol. The van der Waals surface area contributed by atoms with Crippen molar-refractivity contribution in [3.05, 3.63) is 61.9 Å². The number of rotatable bonds is 7. The van der Waals surface area contributed by atoms with Gasteiger partial charge in [-0.15, -0.1) is 11.3 Å². The number of halogens is 4. The summed E-state index contributed by atoms with van der Waals surface area (Å²) in [6.45, 7) is 1.66. The SMILES string of the molecule is CCOC(=O)C1=C2C[C@H](NS(=O)(=O)C(F)F)CN2C(c2nccs2)=NC1c1ccc(F)cc1Br. The Balaban J connectivity index is 1.87. The van der Waals surface area contributed by atoms with E-state index in [-0.39, 0.29) is 25.1 Å². The molecule has 14 heteroatoms. The van der Waals surface area contributed by atoms with Gasteiger partial charge in [0.25, 0.3) is 10.0 Å². The Morgan fingerprint density at radius 1 is 1.41 bits per heavy atom. The number of carbonyl (C=O) groups excluding carboxylic acids is 1. The van der Waals surface area contributed by atoms with E-state index >= 15 is 0 Å². The number of hydrogen-bond acceptors (Lipinski definition) is 8. The van der Waals surface area contributed by atoms with Crippen LogP contribution in [0.3, 0.4) is 0 Å². The molecule has 2 aromatic rings. The van der Waals surface area contributed by atoms with Gasteiger partial charge in [-0.25, -0.2) is 27.3 Å². The number of aromatic nitrogens is 1. The molecule has 0 aliphatic carbocycles. The number of ether oxygens (including phenoxy) is 1. The fourth-order valence-corrected chi connectivity index (χ4v) is 5.81. The van der Waals surface area contributed by atoms with Crippen molar-refractivity contribution in [3.8, 4) is 0 Å². The number of benzene rings is 1. The number of amidine groups is 1. The molecule has 34 heavy (non-hydrogen) atoms. The van der Waals surface area contributed by atoms with Crippen LogP contribution in [0.25, 0.3) is 0 Å². The Kier molecular flexibility index (Phi) is 7.12. The summed E-state index contributed by atoms with van der Waals surface area (Å²) in [5.41, 5.74) is 0.970. The molecule has 182 valence electrons. The second-order valence-corrected chi connectivity index (χ2v) is 10.8. The van der Waals surface area contributed by atoms with Gasteiger partial charge in [-0.2, -0.15) is 8.78 Å². The molecule has 2 atom stereocenters. The second-order valence-electron chi connectivity index (χ2n) is 7.37. The van der Waals surface area contributed by atoms with Crippen molar-refractivity contribution in [2.45, 2.75) is 31.2 Å². The van der Waals surface area contributed by atoms with E-state index in [2.05, 4.69) is 20.9 Å². The molecule has 1 aromatic carbocycles. The molecule has 3 heterocycles. The van der Waals surface area contributed by atoms with E-state index in [1.807, 2.05) is 4.72 Å².